The number of ether oxygens (including phenoxy) is 1. The minimum Gasteiger partial charge on any atom is -0.493 e. The van der Waals surface area contributed by atoms with Gasteiger partial charge in [0.1, 0.15) is 5.75 Å². The Kier molecular flexibility index (Phi) is 4.64. The number of benzene rings is 1. The summed E-state index contributed by atoms with van der Waals surface area (Å²) in [5, 5.41) is 8.95. The number of carbonyl (C=O) groups is 1. The second kappa shape index (κ2) is 6.24. The molecule has 1 N–H and O–H groups in total. The second-order valence-corrected chi connectivity index (χ2v) is 5.79. The Morgan fingerprint density at radius 2 is 2.16 bits per heavy atom. The summed E-state index contributed by atoms with van der Waals surface area (Å²) in [6.07, 6.45) is 6.59. The first-order valence-electron chi connectivity index (χ1n) is 6.38. The van der Waals surface area contributed by atoms with E-state index in [1.54, 1.807) is 18.2 Å². The van der Waals surface area contributed by atoms with Crippen LogP contribution >= 0.6 is 15.9 Å². The van der Waals surface area contributed by atoms with Crippen LogP contribution in [0.4, 0.5) is 0 Å². The van der Waals surface area contributed by atoms with Crippen LogP contribution in [-0.4, -0.2) is 17.7 Å². The highest BCUT2D eigenvalue weighted by atomic mass is 79.9. The molecule has 1 aliphatic carbocycles. The van der Waals surface area contributed by atoms with E-state index in [-0.39, 0.29) is 5.56 Å². The van der Waals surface area contributed by atoms with Crippen molar-refractivity contribution < 1.29 is 14.6 Å². The molecular formula is C15H17BrO3. The van der Waals surface area contributed by atoms with Crippen LogP contribution in [0.15, 0.2) is 34.8 Å². The van der Waals surface area contributed by atoms with E-state index in [4.69, 9.17) is 9.84 Å². The van der Waals surface area contributed by atoms with Crippen molar-refractivity contribution >= 4 is 21.9 Å². The predicted molar refractivity (Wildman–Crippen MR) is 77.6 cm³/mol. The van der Waals surface area contributed by atoms with Crippen LogP contribution < -0.4 is 4.74 Å². The number of aromatic carboxylic acids is 1. The largest absolute Gasteiger partial charge is 0.493 e. The summed E-state index contributed by atoms with van der Waals surface area (Å²) in [5.74, 6) is 0.928. The van der Waals surface area contributed by atoms with Gasteiger partial charge in [-0.05, 0) is 58.8 Å². The Morgan fingerprint density at radius 3 is 2.79 bits per heavy atom. The normalized spacial score (nSPS) is 22.2. The topological polar surface area (TPSA) is 46.5 Å². The monoisotopic (exact) mass is 324 g/mol. The Hall–Kier alpha value is -1.29. The van der Waals surface area contributed by atoms with E-state index in [9.17, 15) is 4.79 Å². The fourth-order valence-corrected chi connectivity index (χ4v) is 2.73. The summed E-state index contributed by atoms with van der Waals surface area (Å²) in [6.45, 7) is 2.91. The van der Waals surface area contributed by atoms with Crippen molar-refractivity contribution in [1.82, 2.24) is 0 Å². The van der Waals surface area contributed by atoms with E-state index in [0.29, 0.717) is 28.7 Å². The van der Waals surface area contributed by atoms with Crippen LogP contribution in [0.5, 0.6) is 5.75 Å². The molecule has 1 aromatic carbocycles. The zero-order valence-corrected chi connectivity index (χ0v) is 12.4. The number of halogens is 1. The lowest BCUT2D eigenvalue weighted by atomic mass is 9.85. The molecule has 0 aliphatic heterocycles. The van der Waals surface area contributed by atoms with Crippen molar-refractivity contribution in [3.63, 3.8) is 0 Å². The maximum Gasteiger partial charge on any atom is 0.336 e. The van der Waals surface area contributed by atoms with Gasteiger partial charge in [0.05, 0.1) is 12.2 Å². The van der Waals surface area contributed by atoms with Crippen molar-refractivity contribution in [2.24, 2.45) is 11.8 Å². The van der Waals surface area contributed by atoms with Gasteiger partial charge in [0.15, 0.2) is 0 Å². The molecular weight excluding hydrogens is 308 g/mol. The van der Waals surface area contributed by atoms with E-state index in [0.717, 1.165) is 12.8 Å². The fourth-order valence-electron chi connectivity index (χ4n) is 2.20. The van der Waals surface area contributed by atoms with Crippen molar-refractivity contribution in [3.05, 3.63) is 40.4 Å². The average Bonchev–Trinajstić information content (AvgIpc) is 2.37. The standard InChI is InChI=1S/C15H17BrO3/c1-10-4-2-3-5-11(10)9-19-12-6-7-13(15(17)18)14(16)8-12/h2-3,6-8,10-11H,4-5,9H2,1H3,(H,17,18). The molecule has 2 unspecified atom stereocenters. The van der Waals surface area contributed by atoms with Crippen molar-refractivity contribution in [2.75, 3.05) is 6.61 Å². The number of allylic oxidation sites excluding steroid dienone is 2. The molecule has 1 aromatic rings. The maximum absolute atomic E-state index is 10.9. The van der Waals surface area contributed by atoms with Gasteiger partial charge >= 0.3 is 5.97 Å². The molecule has 1 aliphatic rings. The van der Waals surface area contributed by atoms with Gasteiger partial charge in [0.25, 0.3) is 0 Å². The maximum atomic E-state index is 10.9. The smallest absolute Gasteiger partial charge is 0.336 e. The molecule has 0 bridgehead atoms. The minimum atomic E-state index is -0.940. The molecule has 2 atom stereocenters. The Morgan fingerprint density at radius 1 is 1.42 bits per heavy atom. The summed E-state index contributed by atoms with van der Waals surface area (Å²) < 4.78 is 6.32. The third-order valence-corrected chi connectivity index (χ3v) is 4.21. The third kappa shape index (κ3) is 3.60. The predicted octanol–water partition coefficient (Wildman–Crippen LogP) is 4.13. The molecule has 2 rings (SSSR count). The highest BCUT2D eigenvalue weighted by Gasteiger charge is 2.19. The van der Waals surface area contributed by atoms with Gasteiger partial charge in [-0.3, -0.25) is 0 Å². The third-order valence-electron chi connectivity index (χ3n) is 3.55. The molecule has 0 spiro atoms. The molecule has 19 heavy (non-hydrogen) atoms. The van der Waals surface area contributed by atoms with Gasteiger partial charge in [-0.15, -0.1) is 0 Å². The van der Waals surface area contributed by atoms with E-state index in [1.165, 1.54) is 0 Å². The molecule has 0 aromatic heterocycles. The van der Waals surface area contributed by atoms with Crippen molar-refractivity contribution in [1.29, 1.82) is 0 Å². The highest BCUT2D eigenvalue weighted by Crippen LogP contribution is 2.27. The first-order valence-corrected chi connectivity index (χ1v) is 7.18. The quantitative estimate of drug-likeness (QED) is 0.847. The van der Waals surface area contributed by atoms with Crippen LogP contribution in [0.2, 0.25) is 0 Å². The second-order valence-electron chi connectivity index (χ2n) is 4.94. The summed E-state index contributed by atoms with van der Waals surface area (Å²) in [6, 6.07) is 4.98. The van der Waals surface area contributed by atoms with Crippen LogP contribution in [0.1, 0.15) is 30.1 Å². The van der Waals surface area contributed by atoms with Crippen molar-refractivity contribution in [3.8, 4) is 5.75 Å². The number of carboxylic acids is 1. The number of hydrogen-bond donors (Lipinski definition) is 1. The SMILES string of the molecule is CC1CC=CCC1COc1ccc(C(=O)O)c(Br)c1. The van der Waals surface area contributed by atoms with Crippen LogP contribution in [0.25, 0.3) is 0 Å². The van der Waals surface area contributed by atoms with Gasteiger partial charge in [-0.2, -0.15) is 0 Å². The molecule has 3 nitrogen and oxygen atoms in total. The van der Waals surface area contributed by atoms with Gasteiger partial charge in [-0.1, -0.05) is 19.1 Å². The summed E-state index contributed by atoms with van der Waals surface area (Å²) in [7, 11) is 0. The van der Waals surface area contributed by atoms with Gasteiger partial charge in [-0.25, -0.2) is 4.79 Å². The lowest BCUT2D eigenvalue weighted by molar-refractivity contribution is 0.0696. The molecule has 0 amide bonds. The van der Waals surface area contributed by atoms with Gasteiger partial charge < -0.3 is 9.84 Å². The first-order chi connectivity index (χ1) is 9.08. The molecule has 102 valence electrons. The van der Waals surface area contributed by atoms with Gasteiger partial charge in [0, 0.05) is 4.47 Å². The Balaban J connectivity index is 1.98. The average molecular weight is 325 g/mol. The van der Waals surface area contributed by atoms with E-state index in [1.807, 2.05) is 0 Å². The molecule has 4 heteroatoms. The van der Waals surface area contributed by atoms with E-state index in [2.05, 4.69) is 35.0 Å². The first kappa shape index (κ1) is 14.1. The molecule has 0 heterocycles. The van der Waals surface area contributed by atoms with Crippen LogP contribution in [0.3, 0.4) is 0 Å². The van der Waals surface area contributed by atoms with Crippen LogP contribution in [-0.2, 0) is 0 Å². The van der Waals surface area contributed by atoms with Crippen molar-refractivity contribution in [2.45, 2.75) is 19.8 Å². The Bertz CT molecular complexity index is 496. The zero-order valence-electron chi connectivity index (χ0n) is 10.8. The number of rotatable bonds is 4. The van der Waals surface area contributed by atoms with E-state index < -0.39 is 5.97 Å². The lowest BCUT2D eigenvalue weighted by Crippen LogP contribution is -2.21. The Labute approximate surface area is 121 Å². The fraction of sp³-hybridized carbons (Fsp3) is 0.400. The molecule has 0 saturated carbocycles. The van der Waals surface area contributed by atoms with E-state index >= 15 is 0 Å². The number of hydrogen-bond acceptors (Lipinski definition) is 2. The summed E-state index contributed by atoms with van der Waals surface area (Å²) >= 11 is 3.25. The highest BCUT2D eigenvalue weighted by molar-refractivity contribution is 9.10. The summed E-state index contributed by atoms with van der Waals surface area (Å²) in [5.41, 5.74) is 0.251. The lowest BCUT2D eigenvalue weighted by Gasteiger charge is -2.25. The number of carboxylic acid groups (broad SMARTS) is 1. The van der Waals surface area contributed by atoms with Crippen LogP contribution in [0, 0.1) is 11.8 Å². The van der Waals surface area contributed by atoms with Gasteiger partial charge in [0.2, 0.25) is 0 Å². The zero-order chi connectivity index (χ0) is 13.8. The molecule has 0 saturated heterocycles. The molecule has 0 fully saturated rings. The summed E-state index contributed by atoms with van der Waals surface area (Å²) in [4.78, 5) is 10.9. The minimum absolute atomic E-state index is 0.251. The molecule has 0 radical (unpaired) electrons.